The van der Waals surface area contributed by atoms with Crippen LogP contribution in [-0.2, 0) is 5.79 Å². The van der Waals surface area contributed by atoms with Crippen molar-refractivity contribution in [1.29, 1.82) is 0 Å². The Morgan fingerprint density at radius 1 is 1.13 bits per heavy atom. The molecule has 1 aromatic carbocycles. The predicted octanol–water partition coefficient (Wildman–Crippen LogP) is -1.14. The number of aryl methyl sites for hydroxylation is 1. The van der Waals surface area contributed by atoms with Gasteiger partial charge in [0.25, 0.3) is 5.79 Å². The summed E-state index contributed by atoms with van der Waals surface area (Å²) in [5, 5.41) is 47.6. The Hall–Kier alpha value is -0.980. The van der Waals surface area contributed by atoms with Gasteiger partial charge < -0.3 is 25.5 Å². The van der Waals surface area contributed by atoms with Crippen LogP contribution in [-0.4, -0.2) is 31.3 Å². The molecule has 5 N–H and O–H groups in total. The van der Waals surface area contributed by atoms with Gasteiger partial charge in [-0.3, -0.25) is 0 Å². The molecule has 0 amide bonds. The Morgan fingerprint density at radius 2 is 1.73 bits per heavy atom. The van der Waals surface area contributed by atoms with Crippen molar-refractivity contribution in [2.24, 2.45) is 0 Å². The number of hydrogen-bond acceptors (Lipinski definition) is 5. The first-order valence-electron chi connectivity index (χ1n) is 4.47. The minimum Gasteiger partial charge on any atom is -0.382 e. The summed E-state index contributed by atoms with van der Waals surface area (Å²) in [5.41, 5.74) is 0.630. The lowest BCUT2D eigenvalue weighted by Crippen LogP contribution is -2.50. The van der Waals surface area contributed by atoms with E-state index < -0.39 is 17.7 Å². The molecular formula is C10H12O5. The van der Waals surface area contributed by atoms with Crippen molar-refractivity contribution in [3.05, 3.63) is 34.9 Å². The highest BCUT2D eigenvalue weighted by Gasteiger charge is 2.61. The van der Waals surface area contributed by atoms with Crippen molar-refractivity contribution in [1.82, 2.24) is 0 Å². The highest BCUT2D eigenvalue weighted by atomic mass is 16.6. The zero-order valence-corrected chi connectivity index (χ0v) is 8.05. The molecular weight excluding hydrogens is 200 g/mol. The van der Waals surface area contributed by atoms with E-state index in [0.29, 0.717) is 5.56 Å². The molecule has 5 heteroatoms. The van der Waals surface area contributed by atoms with Crippen LogP contribution in [0.2, 0.25) is 0 Å². The predicted molar refractivity (Wildman–Crippen MR) is 49.4 cm³/mol. The van der Waals surface area contributed by atoms with E-state index in [0.717, 1.165) is 0 Å². The highest BCUT2D eigenvalue weighted by Crippen LogP contribution is 2.48. The number of aliphatic hydroxyl groups excluding tert-OH is 1. The number of rotatable bonds is 0. The van der Waals surface area contributed by atoms with Crippen molar-refractivity contribution < 1.29 is 25.5 Å². The highest BCUT2D eigenvalue weighted by molar-refractivity contribution is 5.45. The van der Waals surface area contributed by atoms with Gasteiger partial charge in [0.15, 0.2) is 0 Å². The molecule has 0 saturated heterocycles. The van der Waals surface area contributed by atoms with Gasteiger partial charge in [0.05, 0.1) is 0 Å². The Labute approximate surface area is 85.9 Å². The molecule has 0 aliphatic heterocycles. The molecule has 2 rings (SSSR count). The lowest BCUT2D eigenvalue weighted by molar-refractivity contribution is -0.382. The van der Waals surface area contributed by atoms with Crippen LogP contribution in [0.1, 0.15) is 22.8 Å². The van der Waals surface area contributed by atoms with E-state index in [1.165, 1.54) is 6.07 Å². The third kappa shape index (κ3) is 1.09. The Balaban J connectivity index is 2.74. The summed E-state index contributed by atoms with van der Waals surface area (Å²) in [4.78, 5) is 0. The second kappa shape index (κ2) is 2.78. The summed E-state index contributed by atoms with van der Waals surface area (Å²) in [6, 6.07) is 4.52. The Kier molecular flexibility index (Phi) is 1.95. The third-order valence-electron chi connectivity index (χ3n) is 2.87. The number of benzene rings is 1. The average Bonchev–Trinajstić information content (AvgIpc) is 2.27. The largest absolute Gasteiger partial charge is 0.382 e. The van der Waals surface area contributed by atoms with E-state index in [1.54, 1.807) is 19.1 Å². The summed E-state index contributed by atoms with van der Waals surface area (Å²) >= 11 is 0. The standard InChI is InChI=1S/C10H12O5/c1-5-3-2-4-6-7(5)8(11)10(14,15)9(6,12)13/h2-4,8,11-15H,1H3. The summed E-state index contributed by atoms with van der Waals surface area (Å²) in [6.45, 7) is 1.64. The van der Waals surface area contributed by atoms with Crippen LogP contribution < -0.4 is 0 Å². The molecule has 1 unspecified atom stereocenters. The van der Waals surface area contributed by atoms with Crippen LogP contribution in [0.5, 0.6) is 0 Å². The SMILES string of the molecule is Cc1cccc2c1C(O)C(O)(O)C2(O)O. The van der Waals surface area contributed by atoms with Crippen LogP contribution in [0.3, 0.4) is 0 Å². The maximum absolute atomic E-state index is 9.61. The van der Waals surface area contributed by atoms with Gasteiger partial charge in [-0.2, -0.15) is 0 Å². The second-order valence-corrected chi connectivity index (χ2v) is 3.84. The zero-order chi connectivity index (χ0) is 11.4. The van der Waals surface area contributed by atoms with Gasteiger partial charge in [0.1, 0.15) is 6.10 Å². The first kappa shape index (κ1) is 10.5. The lowest BCUT2D eigenvalue weighted by Gasteiger charge is -2.30. The third-order valence-corrected chi connectivity index (χ3v) is 2.87. The van der Waals surface area contributed by atoms with Gasteiger partial charge in [-0.1, -0.05) is 18.2 Å². The van der Waals surface area contributed by atoms with Crippen molar-refractivity contribution in [2.75, 3.05) is 0 Å². The van der Waals surface area contributed by atoms with E-state index >= 15 is 0 Å². The molecule has 0 spiro atoms. The molecule has 0 saturated carbocycles. The first-order valence-corrected chi connectivity index (χ1v) is 4.47. The van der Waals surface area contributed by atoms with Crippen LogP contribution in [0.25, 0.3) is 0 Å². The van der Waals surface area contributed by atoms with Crippen molar-refractivity contribution >= 4 is 0 Å². The number of hydrogen-bond donors (Lipinski definition) is 5. The van der Waals surface area contributed by atoms with Gasteiger partial charge >= 0.3 is 0 Å². The minimum absolute atomic E-state index is 0.0833. The van der Waals surface area contributed by atoms with Gasteiger partial charge in [0, 0.05) is 5.56 Å². The van der Waals surface area contributed by atoms with Crippen molar-refractivity contribution in [2.45, 2.75) is 24.6 Å². The molecule has 1 aromatic rings. The normalized spacial score (nSPS) is 26.4. The molecule has 1 aliphatic rings. The maximum Gasteiger partial charge on any atom is 0.254 e. The number of fused-ring (bicyclic) bond motifs is 1. The van der Waals surface area contributed by atoms with E-state index in [1.807, 2.05) is 0 Å². The Morgan fingerprint density at radius 3 is 2.27 bits per heavy atom. The molecule has 0 heterocycles. The smallest absolute Gasteiger partial charge is 0.254 e. The molecule has 15 heavy (non-hydrogen) atoms. The topological polar surface area (TPSA) is 101 Å². The fraction of sp³-hybridized carbons (Fsp3) is 0.400. The zero-order valence-electron chi connectivity index (χ0n) is 8.05. The van der Waals surface area contributed by atoms with Crippen LogP contribution >= 0.6 is 0 Å². The van der Waals surface area contributed by atoms with Crippen molar-refractivity contribution in [3.8, 4) is 0 Å². The summed E-state index contributed by atoms with van der Waals surface area (Å²) in [7, 11) is 0. The van der Waals surface area contributed by atoms with Crippen LogP contribution in [0.15, 0.2) is 18.2 Å². The van der Waals surface area contributed by atoms with E-state index in [4.69, 9.17) is 0 Å². The second-order valence-electron chi connectivity index (χ2n) is 3.84. The molecule has 0 fully saturated rings. The molecule has 1 aliphatic carbocycles. The summed E-state index contributed by atoms with van der Waals surface area (Å²) < 4.78 is 0. The lowest BCUT2D eigenvalue weighted by atomic mass is 10.0. The summed E-state index contributed by atoms with van der Waals surface area (Å²) in [5.74, 6) is -5.84. The molecule has 0 radical (unpaired) electrons. The fourth-order valence-corrected chi connectivity index (χ4v) is 1.94. The minimum atomic E-state index is -2.98. The van der Waals surface area contributed by atoms with Gasteiger partial charge in [-0.15, -0.1) is 0 Å². The van der Waals surface area contributed by atoms with Crippen LogP contribution in [0, 0.1) is 6.92 Å². The monoisotopic (exact) mass is 212 g/mol. The molecule has 5 nitrogen and oxygen atoms in total. The fourth-order valence-electron chi connectivity index (χ4n) is 1.94. The molecule has 1 atom stereocenters. The number of aliphatic hydroxyl groups is 5. The summed E-state index contributed by atoms with van der Waals surface area (Å²) in [6.07, 6.45) is -1.73. The van der Waals surface area contributed by atoms with Gasteiger partial charge in [0.2, 0.25) is 5.79 Å². The van der Waals surface area contributed by atoms with Crippen LogP contribution in [0.4, 0.5) is 0 Å². The van der Waals surface area contributed by atoms with Gasteiger partial charge in [-0.25, -0.2) is 0 Å². The van der Waals surface area contributed by atoms with Gasteiger partial charge in [-0.05, 0) is 18.1 Å². The quantitative estimate of drug-likeness (QED) is 0.350. The molecule has 82 valence electrons. The maximum atomic E-state index is 9.61. The van der Waals surface area contributed by atoms with Crippen molar-refractivity contribution in [3.63, 3.8) is 0 Å². The molecule has 0 bridgehead atoms. The van der Waals surface area contributed by atoms with E-state index in [9.17, 15) is 25.5 Å². The Bertz CT molecular complexity index is 410. The van der Waals surface area contributed by atoms with E-state index in [2.05, 4.69) is 0 Å². The first-order chi connectivity index (χ1) is 6.80. The van der Waals surface area contributed by atoms with E-state index in [-0.39, 0.29) is 11.1 Å². The average molecular weight is 212 g/mol. The molecule has 0 aromatic heterocycles.